The molecule has 0 amide bonds. The van der Waals surface area contributed by atoms with Crippen molar-refractivity contribution in [1.82, 2.24) is 14.8 Å². The molecule has 0 radical (unpaired) electrons. The molecular weight excluding hydrogens is 242 g/mol. The van der Waals surface area contributed by atoms with Crippen molar-refractivity contribution in [3.05, 3.63) is 11.6 Å². The van der Waals surface area contributed by atoms with Crippen LogP contribution < -0.4 is 0 Å². The molecule has 19 heavy (non-hydrogen) atoms. The Morgan fingerprint density at radius 3 is 2.58 bits per heavy atom. The number of nitrogens with zero attached hydrogens (tertiary/aromatic N) is 3. The van der Waals surface area contributed by atoms with Crippen molar-refractivity contribution in [2.45, 2.75) is 71.1 Å². The van der Waals surface area contributed by atoms with E-state index in [0.717, 1.165) is 11.6 Å². The van der Waals surface area contributed by atoms with Gasteiger partial charge in [-0.15, -0.1) is 0 Å². The quantitative estimate of drug-likeness (QED) is 0.860. The second kappa shape index (κ2) is 6.48. The van der Waals surface area contributed by atoms with Crippen LogP contribution in [0.15, 0.2) is 0 Å². The molecular formula is C14H25N3O2. The van der Waals surface area contributed by atoms with E-state index in [1.54, 1.807) is 4.68 Å². The first kappa shape index (κ1) is 14.5. The third kappa shape index (κ3) is 3.54. The average molecular weight is 267 g/mol. The van der Waals surface area contributed by atoms with Crippen LogP contribution in [0, 0.1) is 0 Å². The lowest BCUT2D eigenvalue weighted by Gasteiger charge is -2.15. The van der Waals surface area contributed by atoms with Gasteiger partial charge in [0.2, 0.25) is 0 Å². The summed E-state index contributed by atoms with van der Waals surface area (Å²) in [6.07, 6.45) is 4.97. The van der Waals surface area contributed by atoms with Crippen LogP contribution in [0.25, 0.3) is 0 Å². The zero-order chi connectivity index (χ0) is 13.8. The van der Waals surface area contributed by atoms with E-state index in [2.05, 4.69) is 10.1 Å². The van der Waals surface area contributed by atoms with Gasteiger partial charge in [-0.25, -0.2) is 9.67 Å². The number of aliphatic hydroxyl groups excluding tert-OH is 1. The van der Waals surface area contributed by atoms with E-state index in [9.17, 15) is 0 Å². The number of aliphatic hydroxyl groups is 1. The minimum absolute atomic E-state index is 0.0782. The topological polar surface area (TPSA) is 60.2 Å². The molecule has 1 heterocycles. The molecule has 5 nitrogen and oxygen atoms in total. The largest absolute Gasteiger partial charge is 0.394 e. The molecule has 1 atom stereocenters. The van der Waals surface area contributed by atoms with Crippen LogP contribution in [0.4, 0.5) is 0 Å². The molecule has 108 valence electrons. The van der Waals surface area contributed by atoms with Crippen molar-refractivity contribution < 1.29 is 9.84 Å². The second-order valence-electron chi connectivity index (χ2n) is 5.58. The molecule has 0 saturated heterocycles. The van der Waals surface area contributed by atoms with Crippen molar-refractivity contribution in [1.29, 1.82) is 0 Å². The summed E-state index contributed by atoms with van der Waals surface area (Å²) in [7, 11) is 0. The van der Waals surface area contributed by atoms with E-state index < -0.39 is 0 Å². The summed E-state index contributed by atoms with van der Waals surface area (Å²) in [5.74, 6) is 2.26. The Morgan fingerprint density at radius 2 is 2.00 bits per heavy atom. The predicted molar refractivity (Wildman–Crippen MR) is 73.0 cm³/mol. The van der Waals surface area contributed by atoms with Crippen LogP contribution in [0.1, 0.15) is 70.1 Å². The van der Waals surface area contributed by atoms with Gasteiger partial charge in [0.25, 0.3) is 0 Å². The molecule has 0 aliphatic heterocycles. The van der Waals surface area contributed by atoms with Crippen LogP contribution in [0.5, 0.6) is 0 Å². The van der Waals surface area contributed by atoms with Gasteiger partial charge in [-0.05, 0) is 33.6 Å². The van der Waals surface area contributed by atoms with E-state index in [1.807, 2.05) is 20.8 Å². The first-order valence-electron chi connectivity index (χ1n) is 7.32. The molecule has 2 rings (SSSR count). The summed E-state index contributed by atoms with van der Waals surface area (Å²) in [4.78, 5) is 4.68. The molecule has 0 spiro atoms. The monoisotopic (exact) mass is 267 g/mol. The summed E-state index contributed by atoms with van der Waals surface area (Å²) in [6, 6.07) is 0. The summed E-state index contributed by atoms with van der Waals surface area (Å²) < 4.78 is 7.60. The van der Waals surface area contributed by atoms with Crippen molar-refractivity contribution in [2.24, 2.45) is 0 Å². The Labute approximate surface area is 115 Å². The standard InChI is InChI=1S/C14H25N3O2/c1-10(2)19-11(3)14-15-13(12-6-4-5-7-12)16-17(14)8-9-18/h10-12,18H,4-9H2,1-3H3/t11-/m0/s1. The lowest BCUT2D eigenvalue weighted by molar-refractivity contribution is 0.00994. The van der Waals surface area contributed by atoms with E-state index >= 15 is 0 Å². The van der Waals surface area contributed by atoms with Gasteiger partial charge in [-0.2, -0.15) is 5.10 Å². The third-order valence-electron chi connectivity index (χ3n) is 3.59. The third-order valence-corrected chi connectivity index (χ3v) is 3.59. The molecule has 1 aromatic heterocycles. The maximum Gasteiger partial charge on any atom is 0.156 e. The highest BCUT2D eigenvalue weighted by atomic mass is 16.5. The normalized spacial score (nSPS) is 18.4. The van der Waals surface area contributed by atoms with Crippen molar-refractivity contribution in [3.8, 4) is 0 Å². The van der Waals surface area contributed by atoms with E-state index in [4.69, 9.17) is 9.84 Å². The highest BCUT2D eigenvalue weighted by molar-refractivity contribution is 5.03. The second-order valence-corrected chi connectivity index (χ2v) is 5.58. The lowest BCUT2D eigenvalue weighted by Crippen LogP contribution is -2.15. The highest BCUT2D eigenvalue weighted by Gasteiger charge is 2.25. The zero-order valence-electron chi connectivity index (χ0n) is 12.2. The number of hydrogen-bond donors (Lipinski definition) is 1. The molecule has 1 N–H and O–H groups in total. The van der Waals surface area contributed by atoms with Gasteiger partial charge in [-0.3, -0.25) is 0 Å². The zero-order valence-corrected chi connectivity index (χ0v) is 12.2. The van der Waals surface area contributed by atoms with Crippen molar-refractivity contribution in [2.75, 3.05) is 6.61 Å². The van der Waals surface area contributed by atoms with Gasteiger partial charge >= 0.3 is 0 Å². The fraction of sp³-hybridized carbons (Fsp3) is 0.857. The molecule has 0 bridgehead atoms. The van der Waals surface area contributed by atoms with Crippen LogP contribution in [-0.2, 0) is 11.3 Å². The molecule has 0 aromatic carbocycles. The summed E-state index contributed by atoms with van der Waals surface area (Å²) in [5, 5.41) is 13.7. The van der Waals surface area contributed by atoms with E-state index in [1.165, 1.54) is 25.7 Å². The Balaban J connectivity index is 2.19. The van der Waals surface area contributed by atoms with E-state index in [-0.39, 0.29) is 18.8 Å². The molecule has 1 fully saturated rings. The molecule has 5 heteroatoms. The van der Waals surface area contributed by atoms with Crippen molar-refractivity contribution >= 4 is 0 Å². The SMILES string of the molecule is CC(C)O[C@@H](C)c1nc(C2CCCC2)nn1CCO. The average Bonchev–Trinajstić information content (AvgIpc) is 2.95. The Hall–Kier alpha value is -0.940. The molecule has 1 saturated carbocycles. The van der Waals surface area contributed by atoms with Crippen LogP contribution in [-0.4, -0.2) is 32.6 Å². The number of hydrogen-bond acceptors (Lipinski definition) is 4. The highest BCUT2D eigenvalue weighted by Crippen LogP contribution is 2.33. The smallest absolute Gasteiger partial charge is 0.156 e. The van der Waals surface area contributed by atoms with Crippen molar-refractivity contribution in [3.63, 3.8) is 0 Å². The summed E-state index contributed by atoms with van der Waals surface area (Å²) >= 11 is 0. The van der Waals surface area contributed by atoms with Crippen LogP contribution in [0.3, 0.4) is 0 Å². The Kier molecular flexibility index (Phi) is 4.93. The van der Waals surface area contributed by atoms with Crippen LogP contribution in [0.2, 0.25) is 0 Å². The molecule has 0 unspecified atom stereocenters. The van der Waals surface area contributed by atoms with Gasteiger partial charge in [0.1, 0.15) is 6.10 Å². The molecule has 1 aliphatic rings. The van der Waals surface area contributed by atoms with Gasteiger partial charge in [0, 0.05) is 5.92 Å². The predicted octanol–water partition coefficient (Wildman–Crippen LogP) is 2.41. The fourth-order valence-electron chi connectivity index (χ4n) is 2.76. The lowest BCUT2D eigenvalue weighted by atomic mass is 10.1. The number of ether oxygens (including phenoxy) is 1. The molecule has 1 aliphatic carbocycles. The van der Waals surface area contributed by atoms with Gasteiger partial charge in [-0.1, -0.05) is 12.8 Å². The minimum atomic E-state index is -0.0887. The maximum absolute atomic E-state index is 9.15. The molecule has 1 aromatic rings. The number of aromatic nitrogens is 3. The first-order valence-corrected chi connectivity index (χ1v) is 7.32. The van der Waals surface area contributed by atoms with Crippen LogP contribution >= 0.6 is 0 Å². The Bertz CT molecular complexity index is 397. The van der Waals surface area contributed by atoms with Gasteiger partial charge < -0.3 is 9.84 Å². The van der Waals surface area contributed by atoms with E-state index in [0.29, 0.717) is 12.5 Å². The fourth-order valence-corrected chi connectivity index (χ4v) is 2.76. The minimum Gasteiger partial charge on any atom is -0.394 e. The summed E-state index contributed by atoms with van der Waals surface area (Å²) in [6.45, 7) is 6.59. The number of rotatable bonds is 6. The Morgan fingerprint density at radius 1 is 1.32 bits per heavy atom. The van der Waals surface area contributed by atoms with Gasteiger partial charge in [0.05, 0.1) is 19.3 Å². The maximum atomic E-state index is 9.15. The first-order chi connectivity index (χ1) is 9.11. The summed E-state index contributed by atoms with van der Waals surface area (Å²) in [5.41, 5.74) is 0. The van der Waals surface area contributed by atoms with Gasteiger partial charge in [0.15, 0.2) is 11.6 Å².